The Morgan fingerprint density at radius 1 is 1.23 bits per heavy atom. The standard InChI is InChI=1S/C15H18N2O4S/c1-10(16-11(8-18)9-19)14-6-7-15(22-14)12-4-2-3-5-13(12)17(20)21/h2-7,10-11,16,18-19H,8-9H2,1H3/t10-/m1/s1. The normalized spacial score (nSPS) is 12.5. The maximum Gasteiger partial charge on any atom is 0.278 e. The Labute approximate surface area is 132 Å². The van der Waals surface area contributed by atoms with Gasteiger partial charge in [-0.25, -0.2) is 0 Å². The lowest BCUT2D eigenvalue weighted by atomic mass is 10.1. The molecule has 1 aromatic carbocycles. The third kappa shape index (κ3) is 3.69. The van der Waals surface area contributed by atoms with Crippen LogP contribution in [0, 0.1) is 10.1 Å². The molecule has 1 aromatic heterocycles. The molecule has 0 saturated carbocycles. The molecule has 0 unspecified atom stereocenters. The molecular formula is C15H18N2O4S. The maximum atomic E-state index is 11.1. The highest BCUT2D eigenvalue weighted by molar-refractivity contribution is 7.15. The van der Waals surface area contributed by atoms with E-state index in [0.717, 1.165) is 9.75 Å². The first-order valence-electron chi connectivity index (χ1n) is 6.88. The number of thiophene rings is 1. The first-order valence-corrected chi connectivity index (χ1v) is 7.69. The molecule has 0 spiro atoms. The molecule has 1 atom stereocenters. The highest BCUT2D eigenvalue weighted by Crippen LogP contribution is 2.36. The highest BCUT2D eigenvalue weighted by atomic mass is 32.1. The summed E-state index contributed by atoms with van der Waals surface area (Å²) in [5.74, 6) is 0. The molecule has 0 aliphatic rings. The number of para-hydroxylation sites is 1. The van der Waals surface area contributed by atoms with Gasteiger partial charge in [0.1, 0.15) is 0 Å². The fraction of sp³-hybridized carbons (Fsp3) is 0.333. The topological polar surface area (TPSA) is 95.6 Å². The molecule has 118 valence electrons. The van der Waals surface area contributed by atoms with Crippen LogP contribution in [0.5, 0.6) is 0 Å². The van der Waals surface area contributed by atoms with Crippen molar-refractivity contribution in [3.05, 3.63) is 51.4 Å². The number of hydrogen-bond acceptors (Lipinski definition) is 6. The number of nitro groups is 1. The SMILES string of the molecule is C[C@@H](NC(CO)CO)c1ccc(-c2ccccc2[N+](=O)[O-])s1. The van der Waals surface area contributed by atoms with Crippen LogP contribution >= 0.6 is 11.3 Å². The van der Waals surface area contributed by atoms with E-state index in [2.05, 4.69) is 5.32 Å². The van der Waals surface area contributed by atoms with Gasteiger partial charge >= 0.3 is 0 Å². The quantitative estimate of drug-likeness (QED) is 0.537. The molecule has 0 aliphatic heterocycles. The Morgan fingerprint density at radius 3 is 2.55 bits per heavy atom. The first-order chi connectivity index (χ1) is 10.6. The molecule has 22 heavy (non-hydrogen) atoms. The van der Waals surface area contributed by atoms with E-state index < -0.39 is 0 Å². The minimum Gasteiger partial charge on any atom is -0.395 e. The number of nitrogens with zero attached hydrogens (tertiary/aromatic N) is 1. The fourth-order valence-electron chi connectivity index (χ4n) is 2.17. The average Bonchev–Trinajstić information content (AvgIpc) is 3.02. The summed E-state index contributed by atoms with van der Waals surface area (Å²) in [6, 6.07) is 9.95. The van der Waals surface area contributed by atoms with Crippen LogP contribution in [0.3, 0.4) is 0 Å². The van der Waals surface area contributed by atoms with Crippen LogP contribution in [0.2, 0.25) is 0 Å². The van der Waals surface area contributed by atoms with Gasteiger partial charge in [0.05, 0.1) is 29.7 Å². The van der Waals surface area contributed by atoms with Gasteiger partial charge in [-0.3, -0.25) is 10.1 Å². The average molecular weight is 322 g/mol. The largest absolute Gasteiger partial charge is 0.395 e. The van der Waals surface area contributed by atoms with E-state index in [4.69, 9.17) is 10.2 Å². The fourth-order valence-corrected chi connectivity index (χ4v) is 3.22. The third-order valence-corrected chi connectivity index (χ3v) is 4.65. The molecule has 2 rings (SSSR count). The van der Waals surface area contributed by atoms with Gasteiger partial charge in [-0.15, -0.1) is 11.3 Å². The monoisotopic (exact) mass is 322 g/mol. The summed E-state index contributed by atoms with van der Waals surface area (Å²) in [5.41, 5.74) is 0.678. The minimum atomic E-state index is -0.385. The maximum absolute atomic E-state index is 11.1. The molecule has 0 amide bonds. The van der Waals surface area contributed by atoms with Crippen molar-refractivity contribution in [2.45, 2.75) is 19.0 Å². The smallest absolute Gasteiger partial charge is 0.278 e. The van der Waals surface area contributed by atoms with Crippen molar-refractivity contribution >= 4 is 17.0 Å². The molecule has 0 fully saturated rings. The second-order valence-electron chi connectivity index (χ2n) is 4.93. The van der Waals surface area contributed by atoms with Gasteiger partial charge in [0.25, 0.3) is 5.69 Å². The predicted molar refractivity (Wildman–Crippen MR) is 85.9 cm³/mol. The summed E-state index contributed by atoms with van der Waals surface area (Å²) in [6.45, 7) is 1.62. The van der Waals surface area contributed by atoms with Gasteiger partial charge < -0.3 is 15.5 Å². The number of hydrogen-bond donors (Lipinski definition) is 3. The van der Waals surface area contributed by atoms with Gasteiger partial charge in [0.15, 0.2) is 0 Å². The zero-order valence-corrected chi connectivity index (χ0v) is 12.9. The van der Waals surface area contributed by atoms with E-state index in [9.17, 15) is 10.1 Å². The van der Waals surface area contributed by atoms with E-state index in [1.54, 1.807) is 18.2 Å². The summed E-state index contributed by atoms with van der Waals surface area (Å²) in [6.07, 6.45) is 0. The van der Waals surface area contributed by atoms with Crippen LogP contribution < -0.4 is 5.32 Å². The Kier molecular flexibility index (Phi) is 5.62. The van der Waals surface area contributed by atoms with Crippen LogP contribution in [0.1, 0.15) is 17.8 Å². The first kappa shape index (κ1) is 16.6. The van der Waals surface area contributed by atoms with E-state index in [1.165, 1.54) is 17.4 Å². The number of rotatable bonds is 7. The van der Waals surface area contributed by atoms with E-state index in [-0.39, 0.29) is 35.9 Å². The van der Waals surface area contributed by atoms with Gasteiger partial charge in [0.2, 0.25) is 0 Å². The van der Waals surface area contributed by atoms with Crippen molar-refractivity contribution in [2.24, 2.45) is 0 Å². The van der Waals surface area contributed by atoms with Crippen molar-refractivity contribution in [2.75, 3.05) is 13.2 Å². The third-order valence-electron chi connectivity index (χ3n) is 3.35. The van der Waals surface area contributed by atoms with Crippen molar-refractivity contribution < 1.29 is 15.1 Å². The van der Waals surface area contributed by atoms with Crippen molar-refractivity contribution in [1.29, 1.82) is 0 Å². The molecule has 0 radical (unpaired) electrons. The van der Waals surface area contributed by atoms with Crippen molar-refractivity contribution in [3.8, 4) is 10.4 Å². The van der Waals surface area contributed by atoms with Crippen LogP contribution in [0.15, 0.2) is 36.4 Å². The molecule has 0 bridgehead atoms. The zero-order valence-electron chi connectivity index (χ0n) is 12.1. The van der Waals surface area contributed by atoms with Gasteiger partial charge in [-0.2, -0.15) is 0 Å². The molecule has 1 heterocycles. The summed E-state index contributed by atoms with van der Waals surface area (Å²) >= 11 is 1.46. The number of nitro benzene ring substituents is 1. The number of nitrogens with one attached hydrogen (secondary N) is 1. The Morgan fingerprint density at radius 2 is 1.91 bits per heavy atom. The van der Waals surface area contributed by atoms with Crippen LogP contribution in [0.4, 0.5) is 5.69 Å². The second-order valence-corrected chi connectivity index (χ2v) is 6.04. The van der Waals surface area contributed by atoms with Crippen LogP contribution in [-0.2, 0) is 0 Å². The Hall–Kier alpha value is -1.80. The van der Waals surface area contributed by atoms with Crippen LogP contribution in [-0.4, -0.2) is 34.4 Å². The molecule has 6 nitrogen and oxygen atoms in total. The van der Waals surface area contributed by atoms with E-state index >= 15 is 0 Å². The van der Waals surface area contributed by atoms with Crippen LogP contribution in [0.25, 0.3) is 10.4 Å². The van der Waals surface area contributed by atoms with Crippen molar-refractivity contribution in [3.63, 3.8) is 0 Å². The predicted octanol–water partition coefficient (Wildman–Crippen LogP) is 2.33. The molecule has 7 heteroatoms. The Balaban J connectivity index is 2.23. The van der Waals surface area contributed by atoms with E-state index in [1.807, 2.05) is 19.1 Å². The lowest BCUT2D eigenvalue weighted by Crippen LogP contribution is -2.37. The Bertz CT molecular complexity index is 640. The summed E-state index contributed by atoms with van der Waals surface area (Å²) < 4.78 is 0. The highest BCUT2D eigenvalue weighted by Gasteiger charge is 2.18. The minimum absolute atomic E-state index is 0.0641. The number of aliphatic hydroxyl groups is 2. The lowest BCUT2D eigenvalue weighted by Gasteiger charge is -2.18. The summed E-state index contributed by atoms with van der Waals surface area (Å²) in [7, 11) is 0. The van der Waals surface area contributed by atoms with E-state index in [0.29, 0.717) is 5.56 Å². The van der Waals surface area contributed by atoms with Gasteiger partial charge in [-0.05, 0) is 25.1 Å². The summed E-state index contributed by atoms with van der Waals surface area (Å²) in [4.78, 5) is 12.5. The van der Waals surface area contributed by atoms with Gasteiger partial charge in [0, 0.05) is 21.9 Å². The molecule has 0 saturated heterocycles. The van der Waals surface area contributed by atoms with Crippen molar-refractivity contribution in [1.82, 2.24) is 5.32 Å². The van der Waals surface area contributed by atoms with Gasteiger partial charge in [-0.1, -0.05) is 12.1 Å². The lowest BCUT2D eigenvalue weighted by molar-refractivity contribution is -0.384. The number of benzene rings is 1. The molecule has 3 N–H and O–H groups in total. The second kappa shape index (κ2) is 7.46. The molecular weight excluding hydrogens is 304 g/mol. The molecule has 0 aliphatic carbocycles. The number of aliphatic hydroxyl groups excluding tert-OH is 2. The zero-order chi connectivity index (χ0) is 16.1. The summed E-state index contributed by atoms with van der Waals surface area (Å²) in [5, 5.41) is 32.4. The molecule has 2 aromatic rings.